The number of aliphatic carboxylic acids is 1. The van der Waals surface area contributed by atoms with Crippen LogP contribution >= 0.6 is 11.6 Å². The summed E-state index contributed by atoms with van der Waals surface area (Å²) in [6.07, 6.45) is 2.82. The minimum absolute atomic E-state index is 0.0721. The Morgan fingerprint density at radius 3 is 2.29 bits per heavy atom. The van der Waals surface area contributed by atoms with E-state index in [0.717, 1.165) is 24.8 Å². The zero-order valence-electron chi connectivity index (χ0n) is 18.1. The van der Waals surface area contributed by atoms with Crippen molar-refractivity contribution in [3.63, 3.8) is 0 Å². The van der Waals surface area contributed by atoms with E-state index in [2.05, 4.69) is 24.5 Å². The van der Waals surface area contributed by atoms with Crippen LogP contribution in [0.5, 0.6) is 0 Å². The number of carbonyl (C=O) groups excluding carboxylic acids is 1. The van der Waals surface area contributed by atoms with E-state index in [0.29, 0.717) is 34.9 Å². The third-order valence-electron chi connectivity index (χ3n) is 6.40. The average Bonchev–Trinajstić information content (AvgIpc) is 3.48. The topological polar surface area (TPSA) is 78.4 Å². The van der Waals surface area contributed by atoms with Crippen molar-refractivity contribution in [1.82, 2.24) is 10.6 Å². The molecule has 1 aliphatic rings. The fraction of sp³-hybridized carbons (Fsp3) is 0.440. The molecule has 3 unspecified atom stereocenters. The molecule has 6 heteroatoms. The summed E-state index contributed by atoms with van der Waals surface area (Å²) in [5.41, 5.74) is 1.37. The van der Waals surface area contributed by atoms with E-state index in [1.54, 1.807) is 24.3 Å². The molecular weight excluding hydrogens is 412 g/mol. The van der Waals surface area contributed by atoms with Gasteiger partial charge in [0, 0.05) is 16.6 Å². The van der Waals surface area contributed by atoms with Gasteiger partial charge in [-0.3, -0.25) is 9.59 Å². The molecule has 0 spiro atoms. The van der Waals surface area contributed by atoms with Crippen molar-refractivity contribution in [3.05, 3.63) is 70.7 Å². The van der Waals surface area contributed by atoms with E-state index in [1.807, 2.05) is 30.3 Å². The van der Waals surface area contributed by atoms with Gasteiger partial charge in [0.15, 0.2) is 0 Å². The Morgan fingerprint density at radius 2 is 1.71 bits per heavy atom. The van der Waals surface area contributed by atoms with Gasteiger partial charge >= 0.3 is 5.97 Å². The molecule has 5 nitrogen and oxygen atoms in total. The SMILES string of the molecule is CCC(NC(=O)c1ccc(Cl)cc1)C1[C@@H](CCNC(C(=O)O)c2ccccc2)[C@H]1CC. The van der Waals surface area contributed by atoms with Gasteiger partial charge in [-0.05, 0) is 67.0 Å². The molecule has 3 rings (SSSR count). The fourth-order valence-electron chi connectivity index (χ4n) is 4.76. The van der Waals surface area contributed by atoms with Crippen LogP contribution in [0.25, 0.3) is 0 Å². The number of nitrogens with one attached hydrogen (secondary N) is 2. The summed E-state index contributed by atoms with van der Waals surface area (Å²) < 4.78 is 0. The predicted molar refractivity (Wildman–Crippen MR) is 123 cm³/mol. The first-order valence-corrected chi connectivity index (χ1v) is 11.4. The van der Waals surface area contributed by atoms with E-state index in [-0.39, 0.29) is 11.9 Å². The van der Waals surface area contributed by atoms with Crippen LogP contribution in [0.4, 0.5) is 0 Å². The van der Waals surface area contributed by atoms with Crippen LogP contribution in [0.2, 0.25) is 5.02 Å². The second-order valence-electron chi connectivity index (χ2n) is 8.23. The van der Waals surface area contributed by atoms with Crippen LogP contribution in [-0.2, 0) is 4.79 Å². The van der Waals surface area contributed by atoms with Crippen LogP contribution in [0.1, 0.15) is 55.1 Å². The van der Waals surface area contributed by atoms with Crippen molar-refractivity contribution in [2.45, 2.75) is 45.2 Å². The fourth-order valence-corrected chi connectivity index (χ4v) is 4.89. The van der Waals surface area contributed by atoms with Gasteiger partial charge in [0.25, 0.3) is 5.91 Å². The Kier molecular flexibility index (Phi) is 8.10. The standard InChI is InChI=1S/C25H31ClN2O3/c1-3-19-20(14-15-27-23(25(30)31)16-8-6-5-7-9-16)22(19)21(4-2)28-24(29)17-10-12-18(26)13-11-17/h5-13,19-23,27H,3-4,14-15H2,1-2H3,(H,28,29)(H,30,31)/t19-,20+,21?,22?,23?/m1/s1. The van der Waals surface area contributed by atoms with Crippen molar-refractivity contribution >= 4 is 23.5 Å². The lowest BCUT2D eigenvalue weighted by atomic mass is 10.0. The second kappa shape index (κ2) is 10.8. The number of hydrogen-bond acceptors (Lipinski definition) is 3. The van der Waals surface area contributed by atoms with Crippen LogP contribution in [0.3, 0.4) is 0 Å². The summed E-state index contributed by atoms with van der Waals surface area (Å²) in [6, 6.07) is 15.6. The predicted octanol–water partition coefficient (Wildman–Crippen LogP) is 4.93. The summed E-state index contributed by atoms with van der Waals surface area (Å²) >= 11 is 5.92. The second-order valence-corrected chi connectivity index (χ2v) is 8.67. The summed E-state index contributed by atoms with van der Waals surface area (Å²) in [4.78, 5) is 24.4. The third-order valence-corrected chi connectivity index (χ3v) is 6.65. The van der Waals surface area contributed by atoms with E-state index in [9.17, 15) is 14.7 Å². The molecule has 0 aliphatic heterocycles. The van der Waals surface area contributed by atoms with Crippen molar-refractivity contribution in [2.75, 3.05) is 6.54 Å². The van der Waals surface area contributed by atoms with Gasteiger partial charge in [-0.25, -0.2) is 0 Å². The molecule has 3 N–H and O–H groups in total. The summed E-state index contributed by atoms with van der Waals surface area (Å²) in [5, 5.41) is 16.6. The van der Waals surface area contributed by atoms with Crippen LogP contribution < -0.4 is 10.6 Å². The van der Waals surface area contributed by atoms with Gasteiger partial charge in [0.2, 0.25) is 0 Å². The average molecular weight is 443 g/mol. The van der Waals surface area contributed by atoms with E-state index < -0.39 is 12.0 Å². The van der Waals surface area contributed by atoms with Crippen LogP contribution in [-0.4, -0.2) is 29.6 Å². The molecule has 2 aromatic rings. The van der Waals surface area contributed by atoms with Gasteiger partial charge in [0.05, 0.1) is 0 Å². The molecule has 1 aliphatic carbocycles. The van der Waals surface area contributed by atoms with Gasteiger partial charge in [-0.1, -0.05) is 62.2 Å². The van der Waals surface area contributed by atoms with Crippen molar-refractivity contribution in [3.8, 4) is 0 Å². The summed E-state index contributed by atoms with van der Waals surface area (Å²) in [5.74, 6) is 0.521. The lowest BCUT2D eigenvalue weighted by Crippen LogP contribution is -2.37. The zero-order chi connectivity index (χ0) is 22.4. The van der Waals surface area contributed by atoms with E-state index in [1.165, 1.54) is 0 Å². The monoisotopic (exact) mass is 442 g/mol. The van der Waals surface area contributed by atoms with Crippen molar-refractivity contribution in [2.24, 2.45) is 17.8 Å². The van der Waals surface area contributed by atoms with Crippen LogP contribution in [0, 0.1) is 17.8 Å². The lowest BCUT2D eigenvalue weighted by molar-refractivity contribution is -0.139. The maximum Gasteiger partial charge on any atom is 0.325 e. The first-order chi connectivity index (χ1) is 15.0. The molecule has 0 heterocycles. The quantitative estimate of drug-likeness (QED) is 0.461. The highest BCUT2D eigenvalue weighted by molar-refractivity contribution is 6.30. The van der Waals surface area contributed by atoms with Crippen molar-refractivity contribution < 1.29 is 14.7 Å². The molecule has 166 valence electrons. The summed E-state index contributed by atoms with van der Waals surface area (Å²) in [7, 11) is 0. The maximum absolute atomic E-state index is 12.7. The molecule has 31 heavy (non-hydrogen) atoms. The first kappa shape index (κ1) is 23.3. The summed E-state index contributed by atoms with van der Waals surface area (Å²) in [6.45, 7) is 4.91. The highest BCUT2D eigenvalue weighted by Crippen LogP contribution is 2.53. The normalized spacial score (nSPS) is 21.8. The molecule has 1 saturated carbocycles. The minimum atomic E-state index is -0.868. The van der Waals surface area contributed by atoms with Gasteiger partial charge in [-0.2, -0.15) is 0 Å². The number of carbonyl (C=O) groups is 2. The molecule has 0 saturated heterocycles. The van der Waals surface area contributed by atoms with E-state index in [4.69, 9.17) is 11.6 Å². The Bertz CT molecular complexity index is 872. The maximum atomic E-state index is 12.7. The molecule has 5 atom stereocenters. The number of carboxylic acid groups (broad SMARTS) is 1. The highest BCUT2D eigenvalue weighted by atomic mass is 35.5. The van der Waals surface area contributed by atoms with Gasteiger partial charge < -0.3 is 15.7 Å². The molecule has 1 amide bonds. The molecule has 1 fully saturated rings. The molecular formula is C25H31ClN2O3. The van der Waals surface area contributed by atoms with Crippen LogP contribution in [0.15, 0.2) is 54.6 Å². The Balaban J connectivity index is 1.56. The zero-order valence-corrected chi connectivity index (χ0v) is 18.8. The number of halogens is 1. The Hall–Kier alpha value is -2.37. The number of carboxylic acids is 1. The van der Waals surface area contributed by atoms with Gasteiger partial charge in [-0.15, -0.1) is 0 Å². The number of hydrogen-bond donors (Lipinski definition) is 3. The Labute approximate surface area is 189 Å². The van der Waals surface area contributed by atoms with Gasteiger partial charge in [0.1, 0.15) is 6.04 Å². The minimum Gasteiger partial charge on any atom is -0.480 e. The lowest BCUT2D eigenvalue weighted by Gasteiger charge is -2.18. The first-order valence-electron chi connectivity index (χ1n) is 11.0. The largest absolute Gasteiger partial charge is 0.480 e. The van der Waals surface area contributed by atoms with Crippen molar-refractivity contribution in [1.29, 1.82) is 0 Å². The number of rotatable bonds is 11. The number of amides is 1. The van der Waals surface area contributed by atoms with E-state index >= 15 is 0 Å². The Morgan fingerprint density at radius 1 is 1.03 bits per heavy atom. The molecule has 2 aromatic carbocycles. The highest BCUT2D eigenvalue weighted by Gasteiger charge is 2.51. The number of benzene rings is 2. The molecule has 0 radical (unpaired) electrons. The smallest absolute Gasteiger partial charge is 0.325 e. The third kappa shape index (κ3) is 5.86. The molecule has 0 aromatic heterocycles. The molecule has 0 bridgehead atoms.